The van der Waals surface area contributed by atoms with Crippen LogP contribution in [-0.4, -0.2) is 43.4 Å². The molecule has 138 valence electrons. The summed E-state index contributed by atoms with van der Waals surface area (Å²) in [7, 11) is 1.73. The van der Waals surface area contributed by atoms with Crippen LogP contribution < -0.4 is 10.6 Å². The molecule has 5 nitrogen and oxygen atoms in total. The zero-order valence-electron chi connectivity index (χ0n) is 14.6. The van der Waals surface area contributed by atoms with E-state index in [9.17, 15) is 9.59 Å². The van der Waals surface area contributed by atoms with E-state index >= 15 is 0 Å². The van der Waals surface area contributed by atoms with Gasteiger partial charge in [-0.3, -0.25) is 9.59 Å². The van der Waals surface area contributed by atoms with Crippen LogP contribution in [0.15, 0.2) is 22.7 Å². The number of rotatable bonds is 4. The third kappa shape index (κ3) is 4.54. The fourth-order valence-electron chi connectivity index (χ4n) is 3.69. The molecule has 2 fully saturated rings. The van der Waals surface area contributed by atoms with Crippen molar-refractivity contribution in [3.05, 3.63) is 28.2 Å². The van der Waals surface area contributed by atoms with Crippen LogP contribution in [-0.2, 0) is 9.59 Å². The van der Waals surface area contributed by atoms with Gasteiger partial charge in [-0.2, -0.15) is 0 Å². The number of piperidine rings is 1. The van der Waals surface area contributed by atoms with Crippen LogP contribution >= 0.6 is 28.3 Å². The van der Waals surface area contributed by atoms with E-state index in [4.69, 9.17) is 0 Å². The summed E-state index contributed by atoms with van der Waals surface area (Å²) in [5.74, 6) is 0.0580. The molecule has 1 aliphatic heterocycles. The van der Waals surface area contributed by atoms with E-state index in [1.54, 1.807) is 11.9 Å². The largest absolute Gasteiger partial charge is 0.336 e. The fourth-order valence-corrected chi connectivity index (χ4v) is 4.17. The number of likely N-dealkylation sites (N-methyl/N-ethyl adjacent to an activating group) is 1. The van der Waals surface area contributed by atoms with Crippen molar-refractivity contribution in [3.63, 3.8) is 0 Å². The number of anilines is 1. The molecule has 1 saturated carbocycles. The Labute approximate surface area is 163 Å². The minimum atomic E-state index is -0.156. The summed E-state index contributed by atoms with van der Waals surface area (Å²) in [4.78, 5) is 26.4. The molecule has 1 saturated heterocycles. The predicted molar refractivity (Wildman–Crippen MR) is 105 cm³/mol. The minimum absolute atomic E-state index is 0. The highest BCUT2D eigenvalue weighted by molar-refractivity contribution is 9.10. The SMILES string of the molecule is Cc1cc(Br)ccc1NC(=O)CN(C)C(=O)C1CC12CCNCC2.Cl. The molecule has 2 aliphatic rings. The van der Waals surface area contributed by atoms with Crippen LogP contribution in [0.3, 0.4) is 0 Å². The fraction of sp³-hybridized carbons (Fsp3) is 0.556. The van der Waals surface area contributed by atoms with Crippen molar-refractivity contribution in [2.24, 2.45) is 11.3 Å². The van der Waals surface area contributed by atoms with Gasteiger partial charge in [-0.1, -0.05) is 15.9 Å². The molecule has 3 rings (SSSR count). The highest BCUT2D eigenvalue weighted by atomic mass is 79.9. The first-order valence-corrected chi connectivity index (χ1v) is 9.22. The van der Waals surface area contributed by atoms with Gasteiger partial charge < -0.3 is 15.5 Å². The lowest BCUT2D eigenvalue weighted by Gasteiger charge is -2.25. The number of nitrogens with one attached hydrogen (secondary N) is 2. The van der Waals surface area contributed by atoms with Gasteiger partial charge in [-0.15, -0.1) is 12.4 Å². The summed E-state index contributed by atoms with van der Waals surface area (Å²) in [5, 5.41) is 6.24. The summed E-state index contributed by atoms with van der Waals surface area (Å²) < 4.78 is 0.978. The van der Waals surface area contributed by atoms with Crippen LogP contribution in [0.2, 0.25) is 0 Å². The Morgan fingerprint density at radius 2 is 2.04 bits per heavy atom. The van der Waals surface area contributed by atoms with Crippen molar-refractivity contribution in [2.45, 2.75) is 26.2 Å². The lowest BCUT2D eigenvalue weighted by Crippen LogP contribution is -2.38. The second-order valence-corrected chi connectivity index (χ2v) is 7.99. The van der Waals surface area contributed by atoms with Crippen LogP contribution in [0, 0.1) is 18.3 Å². The van der Waals surface area contributed by atoms with E-state index in [0.29, 0.717) is 0 Å². The molecule has 1 heterocycles. The maximum absolute atomic E-state index is 12.6. The summed E-state index contributed by atoms with van der Waals surface area (Å²) >= 11 is 3.41. The van der Waals surface area contributed by atoms with E-state index in [0.717, 1.165) is 48.1 Å². The summed E-state index contributed by atoms with van der Waals surface area (Å²) in [6, 6.07) is 5.71. The highest BCUT2D eigenvalue weighted by Crippen LogP contribution is 2.59. The van der Waals surface area contributed by atoms with Gasteiger partial charge in [-0.25, -0.2) is 0 Å². The van der Waals surface area contributed by atoms with E-state index in [1.165, 1.54) is 0 Å². The maximum atomic E-state index is 12.6. The average Bonchev–Trinajstić information content (AvgIpc) is 3.23. The molecule has 0 bridgehead atoms. The van der Waals surface area contributed by atoms with Gasteiger partial charge in [0, 0.05) is 23.1 Å². The molecule has 7 heteroatoms. The molecule has 2 amide bonds. The van der Waals surface area contributed by atoms with E-state index in [-0.39, 0.29) is 42.1 Å². The van der Waals surface area contributed by atoms with Crippen LogP contribution in [0.4, 0.5) is 5.69 Å². The number of hydrogen-bond acceptors (Lipinski definition) is 3. The molecule has 1 atom stereocenters. The number of hydrogen-bond donors (Lipinski definition) is 2. The van der Waals surface area contributed by atoms with Crippen LogP contribution in [0.1, 0.15) is 24.8 Å². The molecular formula is C18H25BrClN3O2. The molecule has 1 aromatic rings. The third-order valence-corrected chi connectivity index (χ3v) is 5.80. The van der Waals surface area contributed by atoms with E-state index < -0.39 is 0 Å². The van der Waals surface area contributed by atoms with E-state index in [1.807, 2.05) is 25.1 Å². The standard InChI is InChI=1S/C18H24BrN3O2.ClH/c1-12-9-13(19)3-4-15(12)21-16(23)11-22(2)17(24)14-10-18(14)5-7-20-8-6-18;/h3-4,9,14,20H,5-8,10-11H2,1-2H3,(H,21,23);1H. The van der Waals surface area contributed by atoms with Gasteiger partial charge in [0.15, 0.2) is 0 Å². The monoisotopic (exact) mass is 429 g/mol. The molecule has 25 heavy (non-hydrogen) atoms. The number of benzene rings is 1. The number of nitrogens with zero attached hydrogens (tertiary/aromatic N) is 1. The molecule has 1 unspecified atom stereocenters. The first kappa shape index (κ1) is 20.2. The Hall–Kier alpha value is -1.11. The number of halogens is 2. The lowest BCUT2D eigenvalue weighted by molar-refractivity contribution is -0.135. The molecule has 1 aliphatic carbocycles. The summed E-state index contributed by atoms with van der Waals surface area (Å²) in [5.41, 5.74) is 1.97. The second-order valence-electron chi connectivity index (χ2n) is 7.07. The van der Waals surface area contributed by atoms with Crippen LogP contribution in [0.5, 0.6) is 0 Å². The highest BCUT2D eigenvalue weighted by Gasteiger charge is 2.58. The molecule has 0 radical (unpaired) electrons. The van der Waals surface area contributed by atoms with Gasteiger partial charge >= 0.3 is 0 Å². The Bertz CT molecular complexity index is 662. The normalized spacial score (nSPS) is 20.5. The third-order valence-electron chi connectivity index (χ3n) is 5.31. The number of carbonyl (C=O) groups is 2. The molecule has 0 aromatic heterocycles. The number of carbonyl (C=O) groups excluding carboxylic acids is 2. The molecular weight excluding hydrogens is 406 g/mol. The number of aryl methyl sites for hydroxylation is 1. The van der Waals surface area contributed by atoms with Crippen molar-refractivity contribution in [2.75, 3.05) is 32.0 Å². The van der Waals surface area contributed by atoms with Crippen molar-refractivity contribution in [1.82, 2.24) is 10.2 Å². The molecule has 1 spiro atoms. The van der Waals surface area contributed by atoms with Crippen molar-refractivity contribution in [3.8, 4) is 0 Å². The topological polar surface area (TPSA) is 61.4 Å². The van der Waals surface area contributed by atoms with Gasteiger partial charge in [0.1, 0.15) is 0 Å². The summed E-state index contributed by atoms with van der Waals surface area (Å²) in [6.45, 7) is 4.03. The maximum Gasteiger partial charge on any atom is 0.243 e. The van der Waals surface area contributed by atoms with Crippen LogP contribution in [0.25, 0.3) is 0 Å². The first-order chi connectivity index (χ1) is 11.4. The zero-order valence-corrected chi connectivity index (χ0v) is 17.0. The lowest BCUT2D eigenvalue weighted by atomic mass is 9.91. The number of amides is 2. The molecule has 1 aromatic carbocycles. The van der Waals surface area contributed by atoms with Crippen molar-refractivity contribution < 1.29 is 9.59 Å². The van der Waals surface area contributed by atoms with E-state index in [2.05, 4.69) is 26.6 Å². The quantitative estimate of drug-likeness (QED) is 0.772. The Morgan fingerprint density at radius 3 is 2.68 bits per heavy atom. The molecule has 2 N–H and O–H groups in total. The van der Waals surface area contributed by atoms with Gasteiger partial charge in [-0.05, 0) is 68.5 Å². The Balaban J connectivity index is 0.00000225. The average molecular weight is 431 g/mol. The summed E-state index contributed by atoms with van der Waals surface area (Å²) in [6.07, 6.45) is 3.12. The second kappa shape index (κ2) is 8.06. The van der Waals surface area contributed by atoms with Crippen molar-refractivity contribution in [1.29, 1.82) is 0 Å². The van der Waals surface area contributed by atoms with Gasteiger partial charge in [0.25, 0.3) is 0 Å². The first-order valence-electron chi connectivity index (χ1n) is 8.43. The minimum Gasteiger partial charge on any atom is -0.336 e. The smallest absolute Gasteiger partial charge is 0.243 e. The van der Waals surface area contributed by atoms with Gasteiger partial charge in [0.05, 0.1) is 6.54 Å². The van der Waals surface area contributed by atoms with Crippen molar-refractivity contribution >= 4 is 45.8 Å². The Kier molecular flexibility index (Phi) is 6.51. The zero-order chi connectivity index (χ0) is 17.3. The Morgan fingerprint density at radius 1 is 1.36 bits per heavy atom. The van der Waals surface area contributed by atoms with Gasteiger partial charge in [0.2, 0.25) is 11.8 Å². The predicted octanol–water partition coefficient (Wildman–Crippen LogP) is 2.97.